The highest BCUT2D eigenvalue weighted by Gasteiger charge is 2.28. The van der Waals surface area contributed by atoms with E-state index in [0.717, 1.165) is 52.8 Å². The number of thiazole rings is 1. The highest BCUT2D eigenvalue weighted by Crippen LogP contribution is 2.44. The number of aromatic nitrogens is 3. The van der Waals surface area contributed by atoms with Gasteiger partial charge in [-0.15, -0.1) is 11.3 Å². The molecule has 1 saturated heterocycles. The summed E-state index contributed by atoms with van der Waals surface area (Å²) in [5.41, 5.74) is 3.93. The molecule has 1 aliphatic heterocycles. The second-order valence-electron chi connectivity index (χ2n) is 8.98. The van der Waals surface area contributed by atoms with Crippen LogP contribution in [0.2, 0.25) is 0 Å². The summed E-state index contributed by atoms with van der Waals surface area (Å²) < 4.78 is 14.1. The molecule has 0 bridgehead atoms. The summed E-state index contributed by atoms with van der Waals surface area (Å²) in [6.07, 6.45) is 12.1. The van der Waals surface area contributed by atoms with Gasteiger partial charge in [-0.1, -0.05) is 31.4 Å². The van der Waals surface area contributed by atoms with Crippen molar-refractivity contribution in [2.45, 2.75) is 56.8 Å². The van der Waals surface area contributed by atoms with Crippen molar-refractivity contribution < 1.29 is 4.39 Å². The lowest BCUT2D eigenvalue weighted by molar-refractivity contribution is 0.255. The third-order valence-corrected chi connectivity index (χ3v) is 8.03. The van der Waals surface area contributed by atoms with E-state index in [2.05, 4.69) is 16.9 Å². The standard InChI is InChI=1S/C25H29FN4S/c1-30-12-10-18(11-13-30)25-29-22(19-8-5-9-20(26)14-19)24(31-25)23-21(15-27-16-28-23)17-6-3-2-4-7-17/h5,8-9,14-18H,2-4,6-7,10-13H2,1H3. The Hall–Kier alpha value is -2.18. The Morgan fingerprint density at radius 2 is 1.81 bits per heavy atom. The van der Waals surface area contributed by atoms with E-state index >= 15 is 0 Å². The highest BCUT2D eigenvalue weighted by atomic mass is 32.1. The second kappa shape index (κ2) is 9.13. The number of benzene rings is 1. The van der Waals surface area contributed by atoms with Gasteiger partial charge in [0.2, 0.25) is 0 Å². The SMILES string of the molecule is CN1CCC(c2nc(-c3cccc(F)c3)c(-c3ncncc3C3CCCCC3)s2)CC1. The first-order valence-corrected chi connectivity index (χ1v) is 12.3. The van der Waals surface area contributed by atoms with Crippen LogP contribution in [0.3, 0.4) is 0 Å². The molecule has 1 aromatic carbocycles. The maximum absolute atomic E-state index is 14.1. The van der Waals surface area contributed by atoms with Crippen LogP contribution in [0.25, 0.3) is 21.8 Å². The van der Waals surface area contributed by atoms with Gasteiger partial charge < -0.3 is 4.90 Å². The average Bonchev–Trinajstić information content (AvgIpc) is 3.25. The number of piperidine rings is 1. The van der Waals surface area contributed by atoms with Crippen molar-refractivity contribution in [2.24, 2.45) is 0 Å². The Kier molecular flexibility index (Phi) is 6.10. The minimum atomic E-state index is -0.229. The molecular weight excluding hydrogens is 407 g/mol. The predicted molar refractivity (Wildman–Crippen MR) is 124 cm³/mol. The Morgan fingerprint density at radius 3 is 2.58 bits per heavy atom. The van der Waals surface area contributed by atoms with Crippen LogP contribution in [-0.2, 0) is 0 Å². The van der Waals surface area contributed by atoms with Crippen LogP contribution in [0.4, 0.5) is 4.39 Å². The van der Waals surface area contributed by atoms with E-state index in [1.165, 1.54) is 43.7 Å². The predicted octanol–water partition coefficient (Wildman–Crippen LogP) is 6.26. The Bertz CT molecular complexity index is 1040. The first kappa shape index (κ1) is 20.7. The lowest BCUT2D eigenvalue weighted by atomic mass is 9.83. The monoisotopic (exact) mass is 436 g/mol. The van der Waals surface area contributed by atoms with Gasteiger partial charge in [-0.2, -0.15) is 0 Å². The summed E-state index contributed by atoms with van der Waals surface area (Å²) in [6.45, 7) is 2.19. The third kappa shape index (κ3) is 4.41. The van der Waals surface area contributed by atoms with Gasteiger partial charge in [-0.05, 0) is 63.9 Å². The van der Waals surface area contributed by atoms with Gasteiger partial charge in [0.1, 0.15) is 12.1 Å². The number of hydrogen-bond acceptors (Lipinski definition) is 5. The van der Waals surface area contributed by atoms with Crippen molar-refractivity contribution in [3.8, 4) is 21.8 Å². The molecule has 2 fully saturated rings. The molecule has 2 aliphatic rings. The normalized spacial score (nSPS) is 19.0. The van der Waals surface area contributed by atoms with Crippen LogP contribution >= 0.6 is 11.3 Å². The average molecular weight is 437 g/mol. The summed E-state index contributed by atoms with van der Waals surface area (Å²) in [7, 11) is 2.18. The molecule has 1 saturated carbocycles. The number of hydrogen-bond donors (Lipinski definition) is 0. The molecule has 3 heterocycles. The zero-order chi connectivity index (χ0) is 21.2. The third-order valence-electron chi connectivity index (χ3n) is 6.81. The fourth-order valence-corrected chi connectivity index (χ4v) is 6.28. The minimum absolute atomic E-state index is 0.229. The molecule has 4 nitrogen and oxygen atoms in total. The van der Waals surface area contributed by atoms with E-state index in [1.807, 2.05) is 12.3 Å². The van der Waals surface area contributed by atoms with Gasteiger partial charge in [0.05, 0.1) is 21.3 Å². The number of rotatable bonds is 4. The molecule has 0 radical (unpaired) electrons. The molecule has 0 atom stereocenters. The van der Waals surface area contributed by atoms with Crippen molar-refractivity contribution in [3.63, 3.8) is 0 Å². The Morgan fingerprint density at radius 1 is 1.00 bits per heavy atom. The van der Waals surface area contributed by atoms with Crippen LogP contribution in [0.15, 0.2) is 36.8 Å². The fourth-order valence-electron chi connectivity index (χ4n) is 5.00. The summed E-state index contributed by atoms with van der Waals surface area (Å²) in [5, 5.41) is 1.16. The van der Waals surface area contributed by atoms with Gasteiger partial charge in [-0.25, -0.2) is 19.3 Å². The lowest BCUT2D eigenvalue weighted by Crippen LogP contribution is -2.29. The zero-order valence-electron chi connectivity index (χ0n) is 18.1. The number of halogens is 1. The molecule has 31 heavy (non-hydrogen) atoms. The topological polar surface area (TPSA) is 41.9 Å². The van der Waals surface area contributed by atoms with Gasteiger partial charge >= 0.3 is 0 Å². The van der Waals surface area contributed by atoms with Crippen LogP contribution < -0.4 is 0 Å². The highest BCUT2D eigenvalue weighted by molar-refractivity contribution is 7.15. The number of nitrogens with zero attached hydrogens (tertiary/aromatic N) is 4. The van der Waals surface area contributed by atoms with Crippen molar-refractivity contribution in [1.82, 2.24) is 19.9 Å². The smallest absolute Gasteiger partial charge is 0.123 e. The summed E-state index contributed by atoms with van der Waals surface area (Å²) in [5.74, 6) is 0.730. The van der Waals surface area contributed by atoms with E-state index in [9.17, 15) is 4.39 Å². The molecule has 2 aromatic heterocycles. The van der Waals surface area contributed by atoms with Crippen molar-refractivity contribution >= 4 is 11.3 Å². The summed E-state index contributed by atoms with van der Waals surface area (Å²) >= 11 is 1.76. The molecule has 6 heteroatoms. The quantitative estimate of drug-likeness (QED) is 0.484. The van der Waals surface area contributed by atoms with Gasteiger partial charge in [0.15, 0.2) is 0 Å². The maximum Gasteiger partial charge on any atom is 0.123 e. The molecule has 0 spiro atoms. The van der Waals surface area contributed by atoms with E-state index < -0.39 is 0 Å². The summed E-state index contributed by atoms with van der Waals surface area (Å²) in [6, 6.07) is 6.82. The maximum atomic E-state index is 14.1. The summed E-state index contributed by atoms with van der Waals surface area (Å²) in [4.78, 5) is 17.7. The van der Waals surface area contributed by atoms with E-state index in [-0.39, 0.29) is 5.82 Å². The van der Waals surface area contributed by atoms with Crippen molar-refractivity contribution in [3.05, 3.63) is 53.2 Å². The van der Waals surface area contributed by atoms with Gasteiger partial charge in [0, 0.05) is 23.2 Å². The first-order valence-electron chi connectivity index (χ1n) is 11.4. The molecule has 162 valence electrons. The number of likely N-dealkylation sites (tertiary alicyclic amines) is 1. The molecule has 0 N–H and O–H groups in total. The van der Waals surface area contributed by atoms with Crippen LogP contribution in [0.1, 0.15) is 67.4 Å². The van der Waals surface area contributed by atoms with E-state index in [4.69, 9.17) is 9.97 Å². The second-order valence-corrected chi connectivity index (χ2v) is 10.0. The van der Waals surface area contributed by atoms with Crippen molar-refractivity contribution in [2.75, 3.05) is 20.1 Å². The lowest BCUT2D eigenvalue weighted by Gasteiger charge is -2.27. The molecule has 0 unspecified atom stereocenters. The molecular formula is C25H29FN4S. The van der Waals surface area contributed by atoms with Gasteiger partial charge in [-0.3, -0.25) is 0 Å². The zero-order valence-corrected chi connectivity index (χ0v) is 18.9. The molecule has 0 amide bonds. The van der Waals surface area contributed by atoms with Crippen LogP contribution in [0.5, 0.6) is 0 Å². The Balaban J connectivity index is 1.61. The molecule has 5 rings (SSSR count). The van der Waals surface area contributed by atoms with Crippen LogP contribution in [0, 0.1) is 5.82 Å². The Labute approximate surface area is 187 Å². The molecule has 1 aliphatic carbocycles. The minimum Gasteiger partial charge on any atom is -0.306 e. The van der Waals surface area contributed by atoms with E-state index in [0.29, 0.717) is 11.8 Å². The molecule has 3 aromatic rings. The van der Waals surface area contributed by atoms with Crippen LogP contribution in [-0.4, -0.2) is 40.0 Å². The van der Waals surface area contributed by atoms with Crippen molar-refractivity contribution in [1.29, 1.82) is 0 Å². The fraction of sp³-hybridized carbons (Fsp3) is 0.480. The largest absolute Gasteiger partial charge is 0.306 e. The first-order chi connectivity index (χ1) is 15.2. The van der Waals surface area contributed by atoms with Gasteiger partial charge in [0.25, 0.3) is 0 Å². The van der Waals surface area contributed by atoms with E-state index in [1.54, 1.807) is 29.8 Å².